The number of hydrogen-bond acceptors (Lipinski definition) is 4. The Hall–Kier alpha value is -3.60. The Kier molecular flexibility index (Phi) is 2.73. The number of anilines is 1. The summed E-state index contributed by atoms with van der Waals surface area (Å²) < 4.78 is 1.56. The van der Waals surface area contributed by atoms with E-state index < -0.39 is 0 Å². The summed E-state index contributed by atoms with van der Waals surface area (Å²) in [5.41, 5.74) is 13.3. The minimum absolute atomic E-state index is 0.724. The van der Waals surface area contributed by atoms with Crippen molar-refractivity contribution in [1.82, 2.24) is 9.66 Å². The molecule has 120 valence electrons. The fourth-order valence-electron chi connectivity index (χ4n) is 3.42. The Morgan fingerprint density at radius 1 is 0.840 bits per heavy atom. The average Bonchev–Trinajstić information content (AvgIpc) is 2.90. The summed E-state index contributed by atoms with van der Waals surface area (Å²) in [5.74, 6) is 6.16. The van der Waals surface area contributed by atoms with Crippen molar-refractivity contribution in [3.8, 4) is 11.1 Å². The zero-order valence-corrected chi connectivity index (χ0v) is 13.3. The van der Waals surface area contributed by atoms with Crippen molar-refractivity contribution < 1.29 is 0 Å². The van der Waals surface area contributed by atoms with Gasteiger partial charge in [-0.15, -0.1) is 0 Å². The predicted molar refractivity (Wildman–Crippen MR) is 101 cm³/mol. The molecule has 3 heterocycles. The van der Waals surface area contributed by atoms with Gasteiger partial charge in [0.05, 0.1) is 11.4 Å². The highest BCUT2D eigenvalue weighted by Crippen LogP contribution is 2.40. The van der Waals surface area contributed by atoms with E-state index in [9.17, 15) is 0 Å². The Balaban J connectivity index is 1.93. The minimum atomic E-state index is 0.724. The second-order valence-corrected chi connectivity index (χ2v) is 6.11. The van der Waals surface area contributed by atoms with Crippen molar-refractivity contribution in [1.29, 1.82) is 0 Å². The van der Waals surface area contributed by atoms with Gasteiger partial charge in [-0.05, 0) is 29.8 Å². The highest BCUT2D eigenvalue weighted by molar-refractivity contribution is 6.24. The molecular formula is C20H15N5. The van der Waals surface area contributed by atoms with Crippen LogP contribution >= 0.6 is 0 Å². The molecular weight excluding hydrogens is 310 g/mol. The molecule has 0 atom stereocenters. The molecule has 0 fully saturated rings. The van der Waals surface area contributed by atoms with Crippen molar-refractivity contribution in [3.05, 3.63) is 78.1 Å². The van der Waals surface area contributed by atoms with Crippen LogP contribution in [-0.4, -0.2) is 15.4 Å². The number of pyridine rings is 1. The van der Waals surface area contributed by atoms with Gasteiger partial charge in [-0.3, -0.25) is 4.68 Å². The Morgan fingerprint density at radius 3 is 2.48 bits per heavy atom. The standard InChI is InChI=1S/C20H15N5/c21-13-7-5-12(6-8-13)19-16-11-25(22)20-18(16)15(9-10-23-20)14-3-1-2-4-17(14)24-19/h1-11H,21-22H2. The van der Waals surface area contributed by atoms with E-state index in [-0.39, 0.29) is 0 Å². The van der Waals surface area contributed by atoms with Gasteiger partial charge in [0.1, 0.15) is 0 Å². The van der Waals surface area contributed by atoms with Gasteiger partial charge in [0, 0.05) is 40.2 Å². The third-order valence-corrected chi connectivity index (χ3v) is 4.58. The van der Waals surface area contributed by atoms with E-state index >= 15 is 0 Å². The lowest BCUT2D eigenvalue weighted by Crippen LogP contribution is -2.07. The predicted octanol–water partition coefficient (Wildman–Crippen LogP) is 3.48. The molecule has 5 nitrogen and oxygen atoms in total. The molecule has 25 heavy (non-hydrogen) atoms. The van der Waals surface area contributed by atoms with Crippen molar-refractivity contribution in [3.63, 3.8) is 0 Å². The molecule has 0 bridgehead atoms. The van der Waals surface area contributed by atoms with Gasteiger partial charge in [-0.25, -0.2) is 9.98 Å². The minimum Gasteiger partial charge on any atom is -0.399 e. The van der Waals surface area contributed by atoms with E-state index in [4.69, 9.17) is 16.6 Å². The molecule has 1 aliphatic heterocycles. The second-order valence-electron chi connectivity index (χ2n) is 6.11. The van der Waals surface area contributed by atoms with Crippen LogP contribution in [0.25, 0.3) is 22.2 Å². The summed E-state index contributed by atoms with van der Waals surface area (Å²) >= 11 is 0. The van der Waals surface area contributed by atoms with Gasteiger partial charge in [0.25, 0.3) is 0 Å². The Labute approximate surface area is 144 Å². The van der Waals surface area contributed by atoms with Crippen LogP contribution in [0, 0.1) is 0 Å². The first kappa shape index (κ1) is 13.8. The topological polar surface area (TPSA) is 82.2 Å². The van der Waals surface area contributed by atoms with Gasteiger partial charge in [-0.1, -0.05) is 30.3 Å². The van der Waals surface area contributed by atoms with E-state index in [1.165, 1.54) is 0 Å². The molecule has 4 N–H and O–H groups in total. The molecule has 5 rings (SSSR count). The number of fused-ring (bicyclic) bond motifs is 2. The van der Waals surface area contributed by atoms with E-state index in [1.54, 1.807) is 10.9 Å². The molecule has 0 amide bonds. The van der Waals surface area contributed by atoms with E-state index in [0.717, 1.165) is 50.4 Å². The molecule has 0 spiro atoms. The summed E-state index contributed by atoms with van der Waals surface area (Å²) in [7, 11) is 0. The van der Waals surface area contributed by atoms with Crippen LogP contribution in [0.2, 0.25) is 0 Å². The number of aromatic nitrogens is 2. The molecule has 0 saturated carbocycles. The molecule has 0 radical (unpaired) electrons. The summed E-state index contributed by atoms with van der Waals surface area (Å²) in [6.07, 6.45) is 3.68. The van der Waals surface area contributed by atoms with E-state index in [1.807, 2.05) is 54.7 Å². The van der Waals surface area contributed by atoms with Gasteiger partial charge in [0.2, 0.25) is 0 Å². The van der Waals surface area contributed by atoms with Crippen LogP contribution in [-0.2, 0) is 0 Å². The van der Waals surface area contributed by atoms with Gasteiger partial charge >= 0.3 is 0 Å². The van der Waals surface area contributed by atoms with Crippen molar-refractivity contribution in [2.24, 2.45) is 4.99 Å². The van der Waals surface area contributed by atoms with Crippen LogP contribution in [0.5, 0.6) is 0 Å². The third-order valence-electron chi connectivity index (χ3n) is 4.58. The number of nitrogen functional groups attached to an aromatic ring is 2. The number of para-hydroxylation sites is 1. The van der Waals surface area contributed by atoms with Crippen LogP contribution < -0.4 is 11.6 Å². The number of nitrogens with two attached hydrogens (primary N) is 2. The molecule has 4 aromatic rings. The number of benzene rings is 2. The van der Waals surface area contributed by atoms with E-state index in [2.05, 4.69) is 11.1 Å². The largest absolute Gasteiger partial charge is 0.399 e. The number of aliphatic imine (C=N–C) groups is 1. The summed E-state index contributed by atoms with van der Waals surface area (Å²) in [6.45, 7) is 0. The monoisotopic (exact) mass is 325 g/mol. The first-order valence-electron chi connectivity index (χ1n) is 8.02. The normalized spacial score (nSPS) is 12.6. The highest BCUT2D eigenvalue weighted by Gasteiger charge is 2.23. The average molecular weight is 325 g/mol. The van der Waals surface area contributed by atoms with Crippen molar-refractivity contribution in [2.45, 2.75) is 0 Å². The maximum Gasteiger partial charge on any atom is 0.159 e. The Morgan fingerprint density at radius 2 is 1.64 bits per heavy atom. The summed E-state index contributed by atoms with van der Waals surface area (Å²) in [6, 6.07) is 17.9. The SMILES string of the molecule is Nc1ccc(C2=Nc3ccccc3-c3ccnc4c3c2cn4N)cc1. The lowest BCUT2D eigenvalue weighted by atomic mass is 9.98. The van der Waals surface area contributed by atoms with Crippen LogP contribution in [0.4, 0.5) is 11.4 Å². The summed E-state index contributed by atoms with van der Waals surface area (Å²) in [4.78, 5) is 9.44. The molecule has 1 aliphatic rings. The maximum atomic E-state index is 6.16. The van der Waals surface area contributed by atoms with Crippen LogP contribution in [0.3, 0.4) is 0 Å². The zero-order valence-electron chi connectivity index (χ0n) is 13.3. The first-order chi connectivity index (χ1) is 12.2. The van der Waals surface area contributed by atoms with Crippen molar-refractivity contribution in [2.75, 3.05) is 11.6 Å². The van der Waals surface area contributed by atoms with Gasteiger partial charge in [-0.2, -0.15) is 0 Å². The van der Waals surface area contributed by atoms with Gasteiger partial charge < -0.3 is 11.6 Å². The lowest BCUT2D eigenvalue weighted by molar-refractivity contribution is 1.04. The molecule has 2 aromatic carbocycles. The fourth-order valence-corrected chi connectivity index (χ4v) is 3.42. The fraction of sp³-hybridized carbons (Fsp3) is 0. The van der Waals surface area contributed by atoms with Gasteiger partial charge in [0.15, 0.2) is 5.65 Å². The molecule has 5 heteroatoms. The van der Waals surface area contributed by atoms with Crippen LogP contribution in [0.15, 0.2) is 72.0 Å². The van der Waals surface area contributed by atoms with E-state index in [0.29, 0.717) is 0 Å². The van der Waals surface area contributed by atoms with Crippen molar-refractivity contribution >= 4 is 28.1 Å². The van der Waals surface area contributed by atoms with Crippen LogP contribution in [0.1, 0.15) is 11.1 Å². The molecule has 0 unspecified atom stereocenters. The highest BCUT2D eigenvalue weighted by atomic mass is 15.3. The number of nitrogens with zero attached hydrogens (tertiary/aromatic N) is 3. The number of rotatable bonds is 1. The Bertz CT molecular complexity index is 1150. The maximum absolute atomic E-state index is 6.16. The lowest BCUT2D eigenvalue weighted by Gasteiger charge is -2.06. The zero-order chi connectivity index (χ0) is 17.0. The molecule has 0 saturated heterocycles. The first-order valence-corrected chi connectivity index (χ1v) is 8.02. The molecule has 0 aliphatic carbocycles. The second kappa shape index (κ2) is 4.95. The quantitative estimate of drug-likeness (QED) is 0.366. The molecule has 2 aromatic heterocycles. The smallest absolute Gasteiger partial charge is 0.159 e. The summed E-state index contributed by atoms with van der Waals surface area (Å²) in [5, 5.41) is 1.02. The number of hydrogen-bond donors (Lipinski definition) is 2. The third kappa shape index (κ3) is 1.96.